The largest absolute Gasteiger partial charge is 0.310 e. The summed E-state index contributed by atoms with van der Waals surface area (Å²) >= 11 is 0. The predicted molar refractivity (Wildman–Crippen MR) is 88.0 cm³/mol. The first-order valence-corrected chi connectivity index (χ1v) is 7.71. The van der Waals surface area contributed by atoms with Gasteiger partial charge in [0, 0.05) is 6.04 Å². The summed E-state index contributed by atoms with van der Waals surface area (Å²) in [5.41, 5.74) is 5.41. The summed E-state index contributed by atoms with van der Waals surface area (Å²) in [7, 11) is 0. The summed E-state index contributed by atoms with van der Waals surface area (Å²) in [5.74, 6) is 0. The first kappa shape index (κ1) is 14.8. The van der Waals surface area contributed by atoms with Gasteiger partial charge in [0.2, 0.25) is 0 Å². The van der Waals surface area contributed by atoms with Crippen LogP contribution < -0.4 is 5.32 Å². The normalized spacial score (nSPS) is 12.3. The predicted octanol–water partition coefficient (Wildman–Crippen LogP) is 4.98. The molecule has 0 saturated heterocycles. The van der Waals surface area contributed by atoms with Gasteiger partial charge in [0.1, 0.15) is 0 Å². The van der Waals surface area contributed by atoms with Crippen molar-refractivity contribution in [2.45, 2.75) is 39.7 Å². The van der Waals surface area contributed by atoms with E-state index in [2.05, 4.69) is 74.6 Å². The Hall–Kier alpha value is -1.60. The van der Waals surface area contributed by atoms with Crippen LogP contribution in [0.25, 0.3) is 11.1 Å². The van der Waals surface area contributed by atoms with Crippen LogP contribution in [0.3, 0.4) is 0 Å². The lowest BCUT2D eigenvalue weighted by molar-refractivity contribution is 0.537. The molecule has 106 valence electrons. The zero-order chi connectivity index (χ0) is 14.4. The Morgan fingerprint density at radius 1 is 0.900 bits per heavy atom. The van der Waals surface area contributed by atoms with Gasteiger partial charge in [0.25, 0.3) is 0 Å². The van der Waals surface area contributed by atoms with Crippen molar-refractivity contribution in [3.8, 4) is 11.1 Å². The van der Waals surface area contributed by atoms with Crippen molar-refractivity contribution in [3.05, 3.63) is 59.7 Å². The molecule has 0 saturated carbocycles. The first-order valence-electron chi connectivity index (χ1n) is 7.71. The Morgan fingerprint density at radius 3 is 2.25 bits per heavy atom. The molecule has 1 unspecified atom stereocenters. The lowest BCUT2D eigenvalue weighted by atomic mass is 9.97. The fraction of sp³-hybridized carbons (Fsp3) is 0.368. The average Bonchev–Trinajstić information content (AvgIpc) is 2.52. The minimum Gasteiger partial charge on any atom is -0.310 e. The molecule has 20 heavy (non-hydrogen) atoms. The molecular formula is C19H25N. The molecule has 0 aliphatic heterocycles. The molecule has 0 spiro atoms. The van der Waals surface area contributed by atoms with Crippen LogP contribution in [0.4, 0.5) is 0 Å². The van der Waals surface area contributed by atoms with Crippen LogP contribution in [0, 0.1) is 0 Å². The molecule has 1 atom stereocenters. The second-order valence-corrected chi connectivity index (χ2v) is 5.20. The summed E-state index contributed by atoms with van der Waals surface area (Å²) in [6.45, 7) is 7.61. The maximum absolute atomic E-state index is 3.55. The molecule has 0 amide bonds. The zero-order valence-electron chi connectivity index (χ0n) is 12.8. The first-order chi connectivity index (χ1) is 9.78. The highest BCUT2D eigenvalue weighted by Crippen LogP contribution is 2.25. The van der Waals surface area contributed by atoms with Crippen molar-refractivity contribution in [1.29, 1.82) is 0 Å². The number of hydrogen-bond acceptors (Lipinski definition) is 1. The van der Waals surface area contributed by atoms with Gasteiger partial charge in [-0.25, -0.2) is 0 Å². The van der Waals surface area contributed by atoms with Crippen molar-refractivity contribution in [3.63, 3.8) is 0 Å². The van der Waals surface area contributed by atoms with E-state index in [9.17, 15) is 0 Å². The van der Waals surface area contributed by atoms with E-state index in [0.717, 1.165) is 19.4 Å². The van der Waals surface area contributed by atoms with E-state index >= 15 is 0 Å². The third-order valence-electron chi connectivity index (χ3n) is 3.82. The third kappa shape index (κ3) is 3.49. The minimum atomic E-state index is 0.453. The topological polar surface area (TPSA) is 12.0 Å². The van der Waals surface area contributed by atoms with Gasteiger partial charge in [-0.1, -0.05) is 63.2 Å². The molecule has 0 heterocycles. The lowest BCUT2D eigenvalue weighted by Gasteiger charge is -2.17. The highest BCUT2D eigenvalue weighted by atomic mass is 14.9. The van der Waals surface area contributed by atoms with Crippen molar-refractivity contribution in [2.24, 2.45) is 0 Å². The van der Waals surface area contributed by atoms with Gasteiger partial charge in [-0.15, -0.1) is 0 Å². The van der Waals surface area contributed by atoms with Gasteiger partial charge in [-0.3, -0.25) is 0 Å². The van der Waals surface area contributed by atoms with Crippen LogP contribution in [0.1, 0.15) is 44.4 Å². The van der Waals surface area contributed by atoms with Gasteiger partial charge in [-0.05, 0) is 47.7 Å². The molecule has 1 heteroatoms. The Bertz CT molecular complexity index is 545. The Labute approximate surface area is 123 Å². The molecule has 2 rings (SSSR count). The number of hydrogen-bond donors (Lipinski definition) is 1. The smallest absolute Gasteiger partial charge is 0.0317 e. The van der Waals surface area contributed by atoms with Crippen molar-refractivity contribution in [1.82, 2.24) is 5.32 Å². The van der Waals surface area contributed by atoms with Gasteiger partial charge >= 0.3 is 0 Å². The third-order valence-corrected chi connectivity index (χ3v) is 3.82. The van der Waals surface area contributed by atoms with E-state index in [0.29, 0.717) is 6.04 Å². The van der Waals surface area contributed by atoms with Crippen LogP contribution in [-0.4, -0.2) is 6.54 Å². The van der Waals surface area contributed by atoms with Crippen LogP contribution in [0.2, 0.25) is 0 Å². The average molecular weight is 267 g/mol. The molecular weight excluding hydrogens is 242 g/mol. The lowest BCUT2D eigenvalue weighted by Crippen LogP contribution is -2.19. The molecule has 1 nitrogen and oxygen atoms in total. The van der Waals surface area contributed by atoms with E-state index in [1.54, 1.807) is 0 Å². The van der Waals surface area contributed by atoms with Crippen LogP contribution in [0.15, 0.2) is 48.5 Å². The van der Waals surface area contributed by atoms with Crippen molar-refractivity contribution in [2.75, 3.05) is 6.54 Å². The summed E-state index contributed by atoms with van der Waals surface area (Å²) in [5, 5.41) is 3.55. The van der Waals surface area contributed by atoms with E-state index in [1.165, 1.54) is 22.3 Å². The van der Waals surface area contributed by atoms with Crippen molar-refractivity contribution < 1.29 is 0 Å². The van der Waals surface area contributed by atoms with Gasteiger partial charge in [-0.2, -0.15) is 0 Å². The maximum Gasteiger partial charge on any atom is 0.0317 e. The van der Waals surface area contributed by atoms with Crippen molar-refractivity contribution >= 4 is 0 Å². The molecule has 0 aromatic heterocycles. The maximum atomic E-state index is 3.55. The molecule has 0 radical (unpaired) electrons. The van der Waals surface area contributed by atoms with Crippen LogP contribution in [-0.2, 0) is 6.42 Å². The molecule has 0 aliphatic rings. The Kier molecular flexibility index (Phi) is 5.37. The van der Waals surface area contributed by atoms with Crippen LogP contribution in [0.5, 0.6) is 0 Å². The summed E-state index contributed by atoms with van der Waals surface area (Å²) in [6.07, 6.45) is 2.20. The van der Waals surface area contributed by atoms with Gasteiger partial charge < -0.3 is 5.32 Å². The summed E-state index contributed by atoms with van der Waals surface area (Å²) < 4.78 is 0. The Morgan fingerprint density at radius 2 is 1.60 bits per heavy atom. The summed E-state index contributed by atoms with van der Waals surface area (Å²) in [6, 6.07) is 18.2. The SMILES string of the molecule is CCNC(CC)c1cccc(-c2cccc(CC)c2)c1. The Balaban J connectivity index is 2.33. The van der Waals surface area contributed by atoms with E-state index in [-0.39, 0.29) is 0 Å². The zero-order valence-corrected chi connectivity index (χ0v) is 12.8. The standard InChI is InChI=1S/C19H25N/c1-4-15-9-7-10-16(13-15)17-11-8-12-18(14-17)19(5-2)20-6-3/h7-14,19-20H,4-6H2,1-3H3. The minimum absolute atomic E-state index is 0.453. The fourth-order valence-corrected chi connectivity index (χ4v) is 2.65. The quantitative estimate of drug-likeness (QED) is 0.778. The molecule has 0 bridgehead atoms. The second kappa shape index (κ2) is 7.25. The van der Waals surface area contributed by atoms with E-state index < -0.39 is 0 Å². The number of benzene rings is 2. The van der Waals surface area contributed by atoms with E-state index in [1.807, 2.05) is 0 Å². The number of nitrogens with one attached hydrogen (secondary N) is 1. The second-order valence-electron chi connectivity index (χ2n) is 5.20. The monoisotopic (exact) mass is 267 g/mol. The van der Waals surface area contributed by atoms with Gasteiger partial charge in [0.15, 0.2) is 0 Å². The van der Waals surface area contributed by atoms with Gasteiger partial charge in [0.05, 0.1) is 0 Å². The molecule has 0 fully saturated rings. The highest BCUT2D eigenvalue weighted by Gasteiger charge is 2.08. The molecule has 2 aromatic carbocycles. The number of aryl methyl sites for hydroxylation is 1. The number of rotatable bonds is 6. The van der Waals surface area contributed by atoms with E-state index in [4.69, 9.17) is 0 Å². The van der Waals surface area contributed by atoms with Crippen LogP contribution >= 0.6 is 0 Å². The molecule has 2 aromatic rings. The molecule has 0 aliphatic carbocycles. The fourth-order valence-electron chi connectivity index (χ4n) is 2.65. The highest BCUT2D eigenvalue weighted by molar-refractivity contribution is 5.65. The molecule has 1 N–H and O–H groups in total. The summed E-state index contributed by atoms with van der Waals surface area (Å²) in [4.78, 5) is 0.